The van der Waals surface area contributed by atoms with Gasteiger partial charge in [-0.15, -0.1) is 0 Å². The summed E-state index contributed by atoms with van der Waals surface area (Å²) in [6, 6.07) is 8.67. The number of H-pyrrole nitrogens is 1. The van der Waals surface area contributed by atoms with Crippen LogP contribution in [-0.2, 0) is 19.6 Å². The highest BCUT2D eigenvalue weighted by Crippen LogP contribution is 2.36. The molecule has 0 spiro atoms. The fourth-order valence-electron chi connectivity index (χ4n) is 4.29. The average molecular weight is 444 g/mol. The van der Waals surface area contributed by atoms with Gasteiger partial charge >= 0.3 is 5.69 Å². The van der Waals surface area contributed by atoms with Gasteiger partial charge in [-0.2, -0.15) is 0 Å². The van der Waals surface area contributed by atoms with E-state index in [2.05, 4.69) is 35.9 Å². The number of nitrogens with one attached hydrogen (secondary N) is 1. The van der Waals surface area contributed by atoms with Crippen LogP contribution in [0.5, 0.6) is 0 Å². The van der Waals surface area contributed by atoms with Gasteiger partial charge in [0.2, 0.25) is 0 Å². The fourth-order valence-corrected chi connectivity index (χ4v) is 4.41. The van der Waals surface area contributed by atoms with Crippen LogP contribution in [0.2, 0.25) is 5.02 Å². The van der Waals surface area contributed by atoms with Crippen LogP contribution in [0.25, 0.3) is 11.2 Å². The van der Waals surface area contributed by atoms with Gasteiger partial charge in [0.1, 0.15) is 5.82 Å². The topological polar surface area (TPSA) is 75.9 Å². The molecule has 1 unspecified atom stereocenters. The van der Waals surface area contributed by atoms with E-state index >= 15 is 0 Å². The maximum Gasteiger partial charge on any atom is 0.330 e. The Morgan fingerprint density at radius 2 is 1.90 bits per heavy atom. The second kappa shape index (κ2) is 9.01. The van der Waals surface area contributed by atoms with E-state index in [0.717, 1.165) is 36.5 Å². The minimum atomic E-state index is -0.383. The van der Waals surface area contributed by atoms with Crippen LogP contribution < -0.4 is 11.2 Å². The van der Waals surface area contributed by atoms with E-state index in [1.165, 1.54) is 5.56 Å². The molecule has 0 radical (unpaired) electrons. The Balaban J connectivity index is 1.75. The maximum atomic E-state index is 12.7. The predicted molar refractivity (Wildman–Crippen MR) is 124 cm³/mol. The number of hydrogen-bond donors (Lipinski definition) is 1. The Hall–Kier alpha value is -2.38. The number of nitrogens with zero attached hydrogens (tertiary/aromatic N) is 4. The molecule has 166 valence electrons. The number of halogens is 1. The molecular weight excluding hydrogens is 414 g/mol. The van der Waals surface area contributed by atoms with Gasteiger partial charge in [-0.3, -0.25) is 19.2 Å². The van der Waals surface area contributed by atoms with Crippen molar-refractivity contribution in [2.45, 2.75) is 78.2 Å². The highest BCUT2D eigenvalue weighted by atomic mass is 35.5. The maximum absolute atomic E-state index is 12.7. The van der Waals surface area contributed by atoms with Crippen LogP contribution in [0.4, 0.5) is 0 Å². The van der Waals surface area contributed by atoms with E-state index in [4.69, 9.17) is 16.6 Å². The summed E-state index contributed by atoms with van der Waals surface area (Å²) in [5.74, 6) is 0.826. The third-order valence-electron chi connectivity index (χ3n) is 6.21. The van der Waals surface area contributed by atoms with Gasteiger partial charge in [0, 0.05) is 30.2 Å². The quantitative estimate of drug-likeness (QED) is 0.540. The van der Waals surface area contributed by atoms with Crippen LogP contribution in [0, 0.1) is 0 Å². The van der Waals surface area contributed by atoms with Crippen LogP contribution in [-0.4, -0.2) is 30.0 Å². The lowest BCUT2D eigenvalue weighted by molar-refractivity contribution is 0.183. The van der Waals surface area contributed by atoms with Crippen molar-refractivity contribution in [1.29, 1.82) is 0 Å². The molecule has 4 rings (SSSR count). The molecule has 0 aliphatic heterocycles. The number of benzene rings is 1. The summed E-state index contributed by atoms with van der Waals surface area (Å²) in [5.41, 5.74) is 1.44. The summed E-state index contributed by atoms with van der Waals surface area (Å²) in [4.78, 5) is 34.9. The van der Waals surface area contributed by atoms with Crippen molar-refractivity contribution in [3.05, 3.63) is 61.5 Å². The molecule has 0 saturated heterocycles. The van der Waals surface area contributed by atoms with Crippen molar-refractivity contribution in [3.63, 3.8) is 0 Å². The van der Waals surface area contributed by atoms with Gasteiger partial charge in [-0.1, -0.05) is 37.1 Å². The van der Waals surface area contributed by atoms with Crippen molar-refractivity contribution >= 4 is 22.8 Å². The van der Waals surface area contributed by atoms with Crippen molar-refractivity contribution in [1.82, 2.24) is 24.0 Å². The van der Waals surface area contributed by atoms with Crippen molar-refractivity contribution in [2.24, 2.45) is 0 Å². The standard InChI is InChI=1S/C23H30ClN5O2/c1-4-6-13-28-21-20(22(30)26-23(28)31)27(5-2)19(25-21)14-29(18-11-12-18)15(3)16-7-9-17(24)10-8-16/h7-10,15,18H,4-6,11-14H2,1-3H3,(H,26,30,31). The molecule has 1 aliphatic rings. The van der Waals surface area contributed by atoms with Gasteiger partial charge in [-0.05, 0) is 50.8 Å². The van der Waals surface area contributed by atoms with Crippen LogP contribution in [0.3, 0.4) is 0 Å². The second-order valence-corrected chi connectivity index (χ2v) is 8.78. The molecule has 3 aromatic rings. The number of fused-ring (bicyclic) bond motifs is 1. The largest absolute Gasteiger partial charge is 0.330 e. The summed E-state index contributed by atoms with van der Waals surface area (Å²) in [6.07, 6.45) is 4.14. The molecule has 31 heavy (non-hydrogen) atoms. The summed E-state index contributed by atoms with van der Waals surface area (Å²) >= 11 is 6.08. The highest BCUT2D eigenvalue weighted by Gasteiger charge is 2.34. The minimum absolute atomic E-state index is 0.190. The molecule has 0 amide bonds. The lowest BCUT2D eigenvalue weighted by Gasteiger charge is -2.29. The van der Waals surface area contributed by atoms with Crippen molar-refractivity contribution in [3.8, 4) is 0 Å². The minimum Gasteiger partial charge on any atom is -0.321 e. The van der Waals surface area contributed by atoms with Crippen molar-refractivity contribution in [2.75, 3.05) is 0 Å². The number of aromatic amines is 1. The summed E-state index contributed by atoms with van der Waals surface area (Å²) < 4.78 is 3.57. The van der Waals surface area contributed by atoms with Gasteiger partial charge in [0.15, 0.2) is 11.2 Å². The van der Waals surface area contributed by atoms with E-state index in [1.54, 1.807) is 4.57 Å². The lowest BCUT2D eigenvalue weighted by Crippen LogP contribution is -2.31. The number of aryl methyl sites for hydroxylation is 2. The zero-order chi connectivity index (χ0) is 22.1. The number of rotatable bonds is 9. The number of aromatic nitrogens is 4. The zero-order valence-electron chi connectivity index (χ0n) is 18.4. The van der Waals surface area contributed by atoms with E-state index in [1.807, 2.05) is 23.6 Å². The molecule has 1 atom stereocenters. The van der Waals surface area contributed by atoms with E-state index in [-0.39, 0.29) is 17.3 Å². The van der Waals surface area contributed by atoms with Crippen LogP contribution >= 0.6 is 11.6 Å². The molecule has 7 nitrogen and oxygen atoms in total. The lowest BCUT2D eigenvalue weighted by atomic mass is 10.1. The van der Waals surface area contributed by atoms with Crippen LogP contribution in [0.1, 0.15) is 63.9 Å². The summed E-state index contributed by atoms with van der Waals surface area (Å²) in [7, 11) is 0. The molecule has 1 aromatic carbocycles. The predicted octanol–water partition coefficient (Wildman–Crippen LogP) is 4.09. The highest BCUT2D eigenvalue weighted by molar-refractivity contribution is 6.30. The van der Waals surface area contributed by atoms with Gasteiger partial charge in [0.05, 0.1) is 6.54 Å². The second-order valence-electron chi connectivity index (χ2n) is 8.34. The first-order valence-electron chi connectivity index (χ1n) is 11.2. The van der Waals surface area contributed by atoms with E-state index < -0.39 is 0 Å². The molecular formula is C23H30ClN5O2. The smallest absolute Gasteiger partial charge is 0.321 e. The number of unbranched alkanes of at least 4 members (excludes halogenated alkanes) is 1. The molecule has 1 aliphatic carbocycles. The third-order valence-corrected chi connectivity index (χ3v) is 6.46. The zero-order valence-corrected chi connectivity index (χ0v) is 19.2. The monoisotopic (exact) mass is 443 g/mol. The Morgan fingerprint density at radius 3 is 2.52 bits per heavy atom. The van der Waals surface area contributed by atoms with Gasteiger partial charge in [-0.25, -0.2) is 9.78 Å². The Labute approximate surface area is 186 Å². The fraction of sp³-hybridized carbons (Fsp3) is 0.522. The first-order chi connectivity index (χ1) is 14.9. The Morgan fingerprint density at radius 1 is 1.19 bits per heavy atom. The first kappa shape index (κ1) is 21.8. The van der Waals surface area contributed by atoms with E-state index in [0.29, 0.717) is 36.8 Å². The third kappa shape index (κ3) is 4.34. The number of hydrogen-bond acceptors (Lipinski definition) is 4. The molecule has 2 heterocycles. The van der Waals surface area contributed by atoms with Crippen molar-refractivity contribution < 1.29 is 0 Å². The summed E-state index contributed by atoms with van der Waals surface area (Å²) in [5, 5.41) is 0.728. The Bertz CT molecular complexity index is 1170. The average Bonchev–Trinajstić information content (AvgIpc) is 3.52. The molecule has 1 fully saturated rings. The SMILES string of the molecule is CCCCn1c(=O)[nH]c(=O)c2c1nc(CN(C1CC1)C(C)c1ccc(Cl)cc1)n2CC. The molecule has 1 N–H and O–H groups in total. The van der Waals surface area contributed by atoms with Gasteiger partial charge in [0.25, 0.3) is 5.56 Å². The molecule has 0 bridgehead atoms. The molecule has 1 saturated carbocycles. The molecule has 2 aromatic heterocycles. The van der Waals surface area contributed by atoms with Gasteiger partial charge < -0.3 is 4.57 Å². The summed E-state index contributed by atoms with van der Waals surface area (Å²) in [6.45, 7) is 8.08. The van der Waals surface area contributed by atoms with Crippen LogP contribution in [0.15, 0.2) is 33.9 Å². The number of imidazole rings is 1. The first-order valence-corrected chi connectivity index (χ1v) is 11.6. The normalized spacial score (nSPS) is 15.1. The van der Waals surface area contributed by atoms with E-state index in [9.17, 15) is 9.59 Å². The Kier molecular flexibility index (Phi) is 6.34. The molecule has 8 heteroatoms.